The molecule has 0 atom stereocenters. The van der Waals surface area contributed by atoms with Crippen LogP contribution >= 0.6 is 0 Å². The summed E-state index contributed by atoms with van der Waals surface area (Å²) in [5.74, 6) is -1.70. The van der Waals surface area contributed by atoms with Gasteiger partial charge in [0.1, 0.15) is 5.75 Å². The SMILES string of the molecule is COC(=O)c1cc(O)cc(OC(C)=O)n1. The van der Waals surface area contributed by atoms with Crippen molar-refractivity contribution in [3.8, 4) is 11.6 Å². The van der Waals surface area contributed by atoms with Gasteiger partial charge in [-0.2, -0.15) is 0 Å². The van der Waals surface area contributed by atoms with Crippen LogP contribution in [0.5, 0.6) is 11.6 Å². The summed E-state index contributed by atoms with van der Waals surface area (Å²) in [6, 6.07) is 2.23. The van der Waals surface area contributed by atoms with Crippen molar-refractivity contribution in [1.82, 2.24) is 4.98 Å². The highest BCUT2D eigenvalue weighted by molar-refractivity contribution is 5.87. The van der Waals surface area contributed by atoms with Gasteiger partial charge < -0.3 is 14.6 Å². The van der Waals surface area contributed by atoms with Crippen LogP contribution in [0.4, 0.5) is 0 Å². The van der Waals surface area contributed by atoms with Gasteiger partial charge in [0.15, 0.2) is 5.69 Å². The van der Waals surface area contributed by atoms with Gasteiger partial charge in [-0.15, -0.1) is 0 Å². The van der Waals surface area contributed by atoms with Crippen molar-refractivity contribution in [3.05, 3.63) is 17.8 Å². The number of rotatable bonds is 2. The number of ether oxygens (including phenoxy) is 2. The second-order valence-electron chi connectivity index (χ2n) is 2.63. The van der Waals surface area contributed by atoms with E-state index in [1.54, 1.807) is 0 Å². The van der Waals surface area contributed by atoms with Crippen molar-refractivity contribution < 1.29 is 24.2 Å². The molecule has 0 saturated carbocycles. The normalized spacial score (nSPS) is 9.47. The first kappa shape index (κ1) is 11.0. The number of aromatic hydroxyl groups is 1. The monoisotopic (exact) mass is 211 g/mol. The largest absolute Gasteiger partial charge is 0.508 e. The van der Waals surface area contributed by atoms with E-state index in [0.29, 0.717) is 0 Å². The fourth-order valence-corrected chi connectivity index (χ4v) is 0.900. The molecule has 0 radical (unpaired) electrons. The summed E-state index contributed by atoms with van der Waals surface area (Å²) in [6.45, 7) is 1.18. The number of hydrogen-bond donors (Lipinski definition) is 1. The molecule has 0 aliphatic carbocycles. The molecule has 6 nitrogen and oxygen atoms in total. The van der Waals surface area contributed by atoms with E-state index in [9.17, 15) is 14.7 Å². The van der Waals surface area contributed by atoms with Crippen LogP contribution in [0.2, 0.25) is 0 Å². The third-order valence-electron chi connectivity index (χ3n) is 1.43. The third-order valence-corrected chi connectivity index (χ3v) is 1.43. The molecule has 15 heavy (non-hydrogen) atoms. The average molecular weight is 211 g/mol. The number of carbonyl (C=O) groups is 2. The second kappa shape index (κ2) is 4.41. The van der Waals surface area contributed by atoms with Gasteiger partial charge in [0.2, 0.25) is 5.88 Å². The number of pyridine rings is 1. The van der Waals surface area contributed by atoms with Crippen LogP contribution in [0.15, 0.2) is 12.1 Å². The summed E-state index contributed by atoms with van der Waals surface area (Å²) in [7, 11) is 1.18. The Kier molecular flexibility index (Phi) is 3.22. The van der Waals surface area contributed by atoms with Crippen molar-refractivity contribution in [2.45, 2.75) is 6.92 Å². The average Bonchev–Trinajstić information content (AvgIpc) is 2.14. The molecule has 0 unspecified atom stereocenters. The van der Waals surface area contributed by atoms with Gasteiger partial charge in [0, 0.05) is 19.1 Å². The third kappa shape index (κ3) is 2.94. The number of aromatic nitrogens is 1. The lowest BCUT2D eigenvalue weighted by molar-refractivity contribution is -0.132. The van der Waals surface area contributed by atoms with Gasteiger partial charge in [-0.3, -0.25) is 4.79 Å². The van der Waals surface area contributed by atoms with E-state index >= 15 is 0 Å². The van der Waals surface area contributed by atoms with E-state index in [0.717, 1.165) is 12.1 Å². The predicted molar refractivity (Wildman–Crippen MR) is 48.6 cm³/mol. The van der Waals surface area contributed by atoms with Gasteiger partial charge in [-0.05, 0) is 0 Å². The molecule has 6 heteroatoms. The smallest absolute Gasteiger partial charge is 0.356 e. The highest BCUT2D eigenvalue weighted by Gasteiger charge is 2.12. The number of hydrogen-bond acceptors (Lipinski definition) is 6. The van der Waals surface area contributed by atoms with Gasteiger partial charge in [-0.1, -0.05) is 0 Å². The maximum atomic E-state index is 11.1. The second-order valence-corrected chi connectivity index (χ2v) is 2.63. The lowest BCUT2D eigenvalue weighted by Gasteiger charge is -2.03. The Bertz CT molecular complexity index is 401. The van der Waals surface area contributed by atoms with Crippen LogP contribution in [-0.2, 0) is 9.53 Å². The Balaban J connectivity index is 3.04. The zero-order valence-corrected chi connectivity index (χ0v) is 8.18. The molecule has 0 amide bonds. The van der Waals surface area contributed by atoms with Crippen molar-refractivity contribution in [1.29, 1.82) is 0 Å². The summed E-state index contributed by atoms with van der Waals surface area (Å²) >= 11 is 0. The molecule has 1 aromatic rings. The van der Waals surface area contributed by atoms with Crippen molar-refractivity contribution >= 4 is 11.9 Å². The van der Waals surface area contributed by atoms with Crippen LogP contribution < -0.4 is 4.74 Å². The molecule has 0 saturated heterocycles. The van der Waals surface area contributed by atoms with Crippen LogP contribution in [0, 0.1) is 0 Å². The van der Waals surface area contributed by atoms with Gasteiger partial charge in [-0.25, -0.2) is 9.78 Å². The standard InChI is InChI=1S/C9H9NO5/c1-5(11)15-8-4-6(12)3-7(10-8)9(13)14-2/h3-4H,1-2H3,(H,10,12). The summed E-state index contributed by atoms with van der Waals surface area (Å²) in [5, 5.41) is 9.21. The molecule has 0 aliphatic heterocycles. The molecule has 1 N–H and O–H groups in total. The van der Waals surface area contributed by atoms with Crippen LogP contribution in [0.1, 0.15) is 17.4 Å². The Morgan fingerprint density at radius 1 is 1.40 bits per heavy atom. The van der Waals surface area contributed by atoms with Crippen molar-refractivity contribution in [2.24, 2.45) is 0 Å². The van der Waals surface area contributed by atoms with E-state index in [1.807, 2.05) is 0 Å². The van der Waals surface area contributed by atoms with Crippen molar-refractivity contribution in [3.63, 3.8) is 0 Å². The predicted octanol–water partition coefficient (Wildman–Crippen LogP) is 0.499. The van der Waals surface area contributed by atoms with Gasteiger partial charge >= 0.3 is 11.9 Å². The van der Waals surface area contributed by atoms with E-state index in [2.05, 4.69) is 14.5 Å². The summed E-state index contributed by atoms with van der Waals surface area (Å²) < 4.78 is 9.01. The first-order chi connectivity index (χ1) is 7.02. The first-order valence-electron chi connectivity index (χ1n) is 4.00. The van der Waals surface area contributed by atoms with E-state index in [1.165, 1.54) is 14.0 Å². The summed E-state index contributed by atoms with van der Waals surface area (Å²) in [4.78, 5) is 25.3. The topological polar surface area (TPSA) is 85.7 Å². The van der Waals surface area contributed by atoms with Gasteiger partial charge in [0.05, 0.1) is 7.11 Å². The number of nitrogens with zero attached hydrogens (tertiary/aromatic N) is 1. The molecule has 1 heterocycles. The van der Waals surface area contributed by atoms with Crippen LogP contribution in [0.25, 0.3) is 0 Å². The molecule has 0 bridgehead atoms. The highest BCUT2D eigenvalue weighted by Crippen LogP contribution is 2.18. The summed E-state index contributed by atoms with van der Waals surface area (Å²) in [6.07, 6.45) is 0. The van der Waals surface area contributed by atoms with E-state index < -0.39 is 11.9 Å². The Labute approximate surface area is 85.5 Å². The molecule has 1 aromatic heterocycles. The molecule has 1 rings (SSSR count). The number of esters is 2. The Hall–Kier alpha value is -2.11. The minimum Gasteiger partial charge on any atom is -0.508 e. The maximum Gasteiger partial charge on any atom is 0.356 e. The molecule has 0 aromatic carbocycles. The van der Waals surface area contributed by atoms with Crippen molar-refractivity contribution in [2.75, 3.05) is 7.11 Å². The van der Waals surface area contributed by atoms with Crippen LogP contribution in [0.3, 0.4) is 0 Å². The lowest BCUT2D eigenvalue weighted by Crippen LogP contribution is -2.08. The Morgan fingerprint density at radius 3 is 2.60 bits per heavy atom. The van der Waals surface area contributed by atoms with Crippen LogP contribution in [-0.4, -0.2) is 29.1 Å². The zero-order chi connectivity index (χ0) is 11.4. The Morgan fingerprint density at radius 2 is 2.07 bits per heavy atom. The number of methoxy groups -OCH3 is 1. The van der Waals surface area contributed by atoms with E-state index in [-0.39, 0.29) is 17.3 Å². The van der Waals surface area contributed by atoms with E-state index in [4.69, 9.17) is 0 Å². The molecule has 0 aliphatic rings. The fraction of sp³-hybridized carbons (Fsp3) is 0.222. The maximum absolute atomic E-state index is 11.1. The minimum atomic E-state index is -0.723. The quantitative estimate of drug-likeness (QED) is 0.717. The summed E-state index contributed by atoms with van der Waals surface area (Å²) in [5.41, 5.74) is -0.131. The molecule has 80 valence electrons. The fourth-order valence-electron chi connectivity index (χ4n) is 0.900. The lowest BCUT2D eigenvalue weighted by atomic mass is 10.3. The molecule has 0 fully saturated rings. The molecule has 0 spiro atoms. The molecular weight excluding hydrogens is 202 g/mol. The molecular formula is C9H9NO5. The zero-order valence-electron chi connectivity index (χ0n) is 8.18. The minimum absolute atomic E-state index is 0.131. The number of carbonyl (C=O) groups excluding carboxylic acids is 2. The van der Waals surface area contributed by atoms with Gasteiger partial charge in [0.25, 0.3) is 0 Å². The highest BCUT2D eigenvalue weighted by atomic mass is 16.5. The first-order valence-corrected chi connectivity index (χ1v) is 4.00.